The highest BCUT2D eigenvalue weighted by Crippen LogP contribution is 2.08. The molecule has 2 heterocycles. The van der Waals surface area contributed by atoms with E-state index in [4.69, 9.17) is 0 Å². The van der Waals surface area contributed by atoms with Gasteiger partial charge < -0.3 is 0 Å². The van der Waals surface area contributed by atoms with E-state index in [1.54, 1.807) is 13.1 Å². The zero-order chi connectivity index (χ0) is 9.84. The third-order valence-electron chi connectivity index (χ3n) is 1.30. The van der Waals surface area contributed by atoms with Gasteiger partial charge in [-0.3, -0.25) is 9.78 Å². The first-order valence-electron chi connectivity index (χ1n) is 4.08. The Bertz CT molecular complexity index is 446. The number of thiazole rings is 1. The Hall–Kier alpha value is -1.23. The van der Waals surface area contributed by atoms with Crippen molar-refractivity contribution in [3.05, 3.63) is 21.7 Å². The fraction of sp³-hybridized carbons (Fsp3) is 0.375. The van der Waals surface area contributed by atoms with Crippen molar-refractivity contribution in [1.29, 1.82) is 0 Å². The lowest BCUT2D eigenvalue weighted by Crippen LogP contribution is -1.92. The topological polar surface area (TPSA) is 58.6 Å². The second-order valence-corrected chi connectivity index (χ2v) is 3.16. The van der Waals surface area contributed by atoms with E-state index in [0.29, 0.717) is 11.5 Å². The molecule has 2 aromatic heterocycles. The molecule has 4 nitrogen and oxygen atoms in total. The standard InChI is InChI=1S/C6H5N3OS.C2H6/c1-3-7-2-4-5(8-3)9-6(10)11-4;1-2/h2H,1H3,(H,7,8,9,10);1-2H3. The van der Waals surface area contributed by atoms with Gasteiger partial charge in [-0.05, 0) is 6.92 Å². The quantitative estimate of drug-likeness (QED) is 0.699. The highest BCUT2D eigenvalue weighted by Gasteiger charge is 1.99. The Kier molecular flexibility index (Phi) is 3.13. The lowest BCUT2D eigenvalue weighted by atomic mass is 10.6. The molecule has 0 aliphatic rings. The van der Waals surface area contributed by atoms with Gasteiger partial charge in [0.05, 0.1) is 10.9 Å². The van der Waals surface area contributed by atoms with Crippen LogP contribution in [0.3, 0.4) is 0 Å². The molecule has 70 valence electrons. The minimum Gasteiger partial charge on any atom is -0.297 e. The maximum atomic E-state index is 10.8. The number of H-pyrrole nitrogens is 1. The molecule has 0 radical (unpaired) electrons. The number of fused-ring (bicyclic) bond motifs is 1. The van der Waals surface area contributed by atoms with Crippen LogP contribution in [-0.2, 0) is 0 Å². The summed E-state index contributed by atoms with van der Waals surface area (Å²) in [6, 6.07) is 0. The molecule has 0 atom stereocenters. The lowest BCUT2D eigenvalue weighted by Gasteiger charge is -1.87. The van der Waals surface area contributed by atoms with Crippen LogP contribution in [0.25, 0.3) is 10.3 Å². The Labute approximate surface area is 79.7 Å². The second-order valence-electron chi connectivity index (χ2n) is 2.14. The molecule has 1 N–H and O–H groups in total. The second kappa shape index (κ2) is 4.13. The predicted molar refractivity (Wildman–Crippen MR) is 54.1 cm³/mol. The first kappa shape index (κ1) is 9.85. The summed E-state index contributed by atoms with van der Waals surface area (Å²) in [6.07, 6.45) is 1.65. The number of aryl methyl sites for hydroxylation is 1. The number of hydrogen-bond donors (Lipinski definition) is 1. The van der Waals surface area contributed by atoms with E-state index in [9.17, 15) is 4.79 Å². The van der Waals surface area contributed by atoms with Gasteiger partial charge in [0.25, 0.3) is 0 Å². The number of aromatic amines is 1. The van der Waals surface area contributed by atoms with Gasteiger partial charge in [0.15, 0.2) is 5.65 Å². The van der Waals surface area contributed by atoms with Gasteiger partial charge in [-0.25, -0.2) is 9.97 Å². The first-order valence-corrected chi connectivity index (χ1v) is 4.90. The number of nitrogens with zero attached hydrogens (tertiary/aromatic N) is 2. The number of hydrogen-bond acceptors (Lipinski definition) is 4. The van der Waals surface area contributed by atoms with Gasteiger partial charge in [0, 0.05) is 0 Å². The molecule has 2 aromatic rings. The smallest absolute Gasteiger partial charge is 0.297 e. The monoisotopic (exact) mass is 197 g/mol. The van der Waals surface area contributed by atoms with Crippen LogP contribution in [0.4, 0.5) is 0 Å². The SMILES string of the molecule is CC.Cc1ncc2sc(=O)[nH]c2n1. The van der Waals surface area contributed by atoms with Crippen molar-refractivity contribution >= 4 is 21.7 Å². The summed E-state index contributed by atoms with van der Waals surface area (Å²) < 4.78 is 0.806. The predicted octanol–water partition coefficient (Wildman–Crippen LogP) is 1.71. The summed E-state index contributed by atoms with van der Waals surface area (Å²) in [6.45, 7) is 5.79. The normalized spacial score (nSPS) is 9.46. The molecule has 0 fully saturated rings. The largest absolute Gasteiger partial charge is 0.306 e. The van der Waals surface area contributed by atoms with Crippen molar-refractivity contribution in [3.63, 3.8) is 0 Å². The Morgan fingerprint density at radius 2 is 2.15 bits per heavy atom. The molecule has 0 spiro atoms. The van der Waals surface area contributed by atoms with Crippen molar-refractivity contribution in [3.8, 4) is 0 Å². The molecular formula is C8H11N3OS. The number of rotatable bonds is 0. The molecule has 0 bridgehead atoms. The van der Waals surface area contributed by atoms with E-state index < -0.39 is 0 Å². The van der Waals surface area contributed by atoms with E-state index >= 15 is 0 Å². The van der Waals surface area contributed by atoms with Crippen LogP contribution in [0, 0.1) is 6.92 Å². The summed E-state index contributed by atoms with van der Waals surface area (Å²) in [5.41, 5.74) is 0.632. The van der Waals surface area contributed by atoms with E-state index in [-0.39, 0.29) is 4.87 Å². The fourth-order valence-electron chi connectivity index (χ4n) is 0.845. The summed E-state index contributed by atoms with van der Waals surface area (Å²) in [5.74, 6) is 0.673. The van der Waals surface area contributed by atoms with Gasteiger partial charge >= 0.3 is 4.87 Å². The third-order valence-corrected chi connectivity index (χ3v) is 2.10. The molecule has 0 saturated carbocycles. The summed E-state index contributed by atoms with van der Waals surface area (Å²) in [7, 11) is 0. The molecule has 2 rings (SSSR count). The van der Waals surface area contributed by atoms with Crippen LogP contribution < -0.4 is 4.87 Å². The summed E-state index contributed by atoms with van der Waals surface area (Å²) in [5, 5.41) is 0. The van der Waals surface area contributed by atoms with Crippen molar-refractivity contribution in [2.75, 3.05) is 0 Å². The van der Waals surface area contributed by atoms with Gasteiger partial charge in [0.2, 0.25) is 0 Å². The molecule has 0 unspecified atom stereocenters. The third kappa shape index (κ3) is 2.12. The summed E-state index contributed by atoms with van der Waals surface area (Å²) in [4.78, 5) is 21.3. The Morgan fingerprint density at radius 1 is 1.46 bits per heavy atom. The zero-order valence-corrected chi connectivity index (χ0v) is 8.60. The lowest BCUT2D eigenvalue weighted by molar-refractivity contribution is 1.08. The van der Waals surface area contributed by atoms with Crippen molar-refractivity contribution in [1.82, 2.24) is 15.0 Å². The number of nitrogens with one attached hydrogen (secondary N) is 1. The number of aromatic nitrogens is 3. The van der Waals surface area contributed by atoms with E-state index in [1.165, 1.54) is 0 Å². The zero-order valence-electron chi connectivity index (χ0n) is 7.79. The van der Waals surface area contributed by atoms with Gasteiger partial charge in [-0.15, -0.1) is 0 Å². The Balaban J connectivity index is 0.000000396. The van der Waals surface area contributed by atoms with Gasteiger partial charge in [0.1, 0.15) is 5.82 Å². The molecule has 0 aromatic carbocycles. The average Bonchev–Trinajstić information content (AvgIpc) is 2.48. The molecule has 0 aliphatic carbocycles. The van der Waals surface area contributed by atoms with Crippen LogP contribution >= 0.6 is 11.3 Å². The first-order chi connectivity index (χ1) is 6.25. The van der Waals surface area contributed by atoms with Crippen LogP contribution in [0.5, 0.6) is 0 Å². The van der Waals surface area contributed by atoms with Crippen LogP contribution in [0.2, 0.25) is 0 Å². The van der Waals surface area contributed by atoms with Crippen LogP contribution in [0.1, 0.15) is 19.7 Å². The maximum Gasteiger partial charge on any atom is 0.306 e. The highest BCUT2D eigenvalue weighted by molar-refractivity contribution is 7.16. The van der Waals surface area contributed by atoms with Gasteiger partial charge in [-0.2, -0.15) is 0 Å². The average molecular weight is 197 g/mol. The van der Waals surface area contributed by atoms with Crippen molar-refractivity contribution < 1.29 is 0 Å². The highest BCUT2D eigenvalue weighted by atomic mass is 32.1. The summed E-state index contributed by atoms with van der Waals surface area (Å²) >= 11 is 1.12. The molecular weight excluding hydrogens is 186 g/mol. The van der Waals surface area contributed by atoms with Crippen LogP contribution in [0.15, 0.2) is 11.0 Å². The Morgan fingerprint density at radius 3 is 2.85 bits per heavy atom. The molecule has 0 amide bonds. The molecule has 5 heteroatoms. The van der Waals surface area contributed by atoms with E-state index in [1.807, 2.05) is 13.8 Å². The minimum absolute atomic E-state index is 0.0834. The molecule has 0 aliphatic heterocycles. The van der Waals surface area contributed by atoms with E-state index in [0.717, 1.165) is 16.0 Å². The molecule has 13 heavy (non-hydrogen) atoms. The van der Waals surface area contributed by atoms with Crippen molar-refractivity contribution in [2.24, 2.45) is 0 Å². The maximum absolute atomic E-state index is 10.8. The van der Waals surface area contributed by atoms with Gasteiger partial charge in [-0.1, -0.05) is 25.2 Å². The van der Waals surface area contributed by atoms with E-state index in [2.05, 4.69) is 15.0 Å². The van der Waals surface area contributed by atoms with Crippen LogP contribution in [-0.4, -0.2) is 15.0 Å². The fourth-order valence-corrected chi connectivity index (χ4v) is 1.49. The van der Waals surface area contributed by atoms with Crippen molar-refractivity contribution in [2.45, 2.75) is 20.8 Å². The minimum atomic E-state index is -0.0834. The molecule has 0 saturated heterocycles.